The molecule has 4 aromatic rings. The monoisotopic (exact) mass is 441 g/mol. The molecule has 0 bridgehead atoms. The van der Waals surface area contributed by atoms with Crippen LogP contribution in [0.3, 0.4) is 0 Å². The number of carbonyl (C=O) groups is 1. The summed E-state index contributed by atoms with van der Waals surface area (Å²) in [5.74, 6) is 0.985. The first-order chi connectivity index (χ1) is 15.6. The van der Waals surface area contributed by atoms with E-state index >= 15 is 0 Å². The Morgan fingerprint density at radius 2 is 1.78 bits per heavy atom. The van der Waals surface area contributed by atoms with Crippen LogP contribution in [-0.2, 0) is 11.4 Å². The molecule has 0 saturated heterocycles. The van der Waals surface area contributed by atoms with Crippen LogP contribution < -0.4 is 9.64 Å². The van der Waals surface area contributed by atoms with Crippen LogP contribution in [0.15, 0.2) is 84.9 Å². The highest BCUT2D eigenvalue weighted by molar-refractivity contribution is 6.30. The molecule has 1 aliphatic heterocycles. The van der Waals surface area contributed by atoms with Gasteiger partial charge in [0.1, 0.15) is 12.4 Å². The van der Waals surface area contributed by atoms with Gasteiger partial charge in [-0.25, -0.2) is 0 Å². The third-order valence-electron chi connectivity index (χ3n) is 6.16. The maximum atomic E-state index is 13.0. The Bertz CT molecular complexity index is 1280. The number of hydrogen-bond acceptors (Lipinski definition) is 2. The van der Waals surface area contributed by atoms with E-state index in [1.54, 1.807) is 0 Å². The summed E-state index contributed by atoms with van der Waals surface area (Å²) in [6, 6.07) is 28.4. The van der Waals surface area contributed by atoms with Crippen molar-refractivity contribution in [2.75, 3.05) is 11.4 Å². The molecule has 1 heterocycles. The zero-order valence-electron chi connectivity index (χ0n) is 17.9. The lowest BCUT2D eigenvalue weighted by atomic mass is 9.81. The Labute approximate surface area is 193 Å². The number of amides is 1. The molecule has 0 saturated carbocycles. The normalized spacial score (nSPS) is 15.6. The molecule has 4 heteroatoms. The molecule has 3 nitrogen and oxygen atoms in total. The first-order valence-electron chi connectivity index (χ1n) is 10.9. The second-order valence-corrected chi connectivity index (χ2v) is 8.54. The molecule has 0 aromatic heterocycles. The van der Waals surface area contributed by atoms with Gasteiger partial charge < -0.3 is 9.64 Å². The van der Waals surface area contributed by atoms with Gasteiger partial charge in [-0.1, -0.05) is 66.2 Å². The highest BCUT2D eigenvalue weighted by atomic mass is 35.5. The predicted octanol–water partition coefficient (Wildman–Crippen LogP) is 6.96. The molecule has 0 N–H and O–H groups in total. The van der Waals surface area contributed by atoms with Crippen molar-refractivity contribution in [1.29, 1.82) is 0 Å². The van der Waals surface area contributed by atoms with E-state index in [1.807, 2.05) is 48.2 Å². The number of nitrogens with zero attached hydrogens (tertiary/aromatic N) is 1. The van der Waals surface area contributed by atoms with E-state index in [4.69, 9.17) is 16.3 Å². The van der Waals surface area contributed by atoms with Crippen LogP contribution in [0, 0.1) is 0 Å². The Morgan fingerprint density at radius 1 is 0.969 bits per heavy atom. The molecule has 1 unspecified atom stereocenters. The minimum atomic E-state index is 0.0216. The van der Waals surface area contributed by atoms with Gasteiger partial charge in [0.2, 0.25) is 5.91 Å². The highest BCUT2D eigenvalue weighted by Crippen LogP contribution is 2.44. The van der Waals surface area contributed by atoms with Crippen molar-refractivity contribution < 1.29 is 9.53 Å². The van der Waals surface area contributed by atoms with Crippen LogP contribution in [0.1, 0.15) is 36.0 Å². The zero-order valence-corrected chi connectivity index (χ0v) is 18.7. The van der Waals surface area contributed by atoms with Gasteiger partial charge in [-0.3, -0.25) is 4.79 Å². The summed E-state index contributed by atoms with van der Waals surface area (Å²) in [5.41, 5.74) is 4.41. The Morgan fingerprint density at radius 3 is 2.56 bits per heavy atom. The van der Waals surface area contributed by atoms with E-state index in [0.717, 1.165) is 22.6 Å². The second kappa shape index (κ2) is 8.68. The van der Waals surface area contributed by atoms with Crippen LogP contribution >= 0.6 is 11.6 Å². The average molecular weight is 442 g/mol. The molecule has 0 aliphatic carbocycles. The van der Waals surface area contributed by atoms with Crippen molar-refractivity contribution in [3.8, 4) is 5.75 Å². The average Bonchev–Trinajstić information content (AvgIpc) is 2.82. The van der Waals surface area contributed by atoms with Crippen LogP contribution in [0.2, 0.25) is 5.02 Å². The molecule has 1 atom stereocenters. The molecule has 32 heavy (non-hydrogen) atoms. The summed E-state index contributed by atoms with van der Waals surface area (Å²) in [6.07, 6.45) is 0.470. The molecular weight excluding hydrogens is 418 g/mol. The number of fused-ring (bicyclic) bond motifs is 3. The van der Waals surface area contributed by atoms with Gasteiger partial charge in [0, 0.05) is 29.6 Å². The maximum Gasteiger partial charge on any atom is 0.227 e. The summed E-state index contributed by atoms with van der Waals surface area (Å²) in [4.78, 5) is 14.9. The number of anilines is 1. The third kappa shape index (κ3) is 3.85. The molecule has 160 valence electrons. The van der Waals surface area contributed by atoms with Gasteiger partial charge in [0.15, 0.2) is 0 Å². The van der Waals surface area contributed by atoms with Gasteiger partial charge in [-0.2, -0.15) is 0 Å². The highest BCUT2D eigenvalue weighted by Gasteiger charge is 2.32. The van der Waals surface area contributed by atoms with E-state index in [-0.39, 0.29) is 11.8 Å². The molecule has 4 aromatic carbocycles. The molecule has 0 spiro atoms. The van der Waals surface area contributed by atoms with Gasteiger partial charge in [0.05, 0.1) is 0 Å². The number of benzene rings is 4. The maximum absolute atomic E-state index is 13.0. The third-order valence-corrected chi connectivity index (χ3v) is 6.40. The largest absolute Gasteiger partial charge is 0.489 e. The Balaban J connectivity index is 1.47. The molecule has 1 aliphatic rings. The number of ether oxygens (including phenoxy) is 1. The Hall–Kier alpha value is -3.30. The van der Waals surface area contributed by atoms with E-state index in [0.29, 0.717) is 24.6 Å². The SMILES string of the molecule is CCN1C(=O)CC(c2ccc(OCc3cccc(Cl)c3)cc2)c2c1ccc1ccccc21. The van der Waals surface area contributed by atoms with E-state index < -0.39 is 0 Å². The van der Waals surface area contributed by atoms with Gasteiger partial charge in [0.25, 0.3) is 0 Å². The first kappa shape index (κ1) is 20.6. The van der Waals surface area contributed by atoms with Crippen LogP contribution in [0.5, 0.6) is 5.75 Å². The topological polar surface area (TPSA) is 29.5 Å². The lowest BCUT2D eigenvalue weighted by Crippen LogP contribution is -2.36. The van der Waals surface area contributed by atoms with Crippen molar-refractivity contribution >= 4 is 34.0 Å². The standard InChI is InChI=1S/C28H24ClNO2/c1-2-30-26-15-12-20-7-3-4-9-24(20)28(26)25(17-27(30)31)21-10-13-23(14-11-21)32-18-19-6-5-8-22(29)16-19/h3-16,25H,2,17-18H2,1H3. The minimum absolute atomic E-state index is 0.0216. The fourth-order valence-electron chi connectivity index (χ4n) is 4.63. The lowest BCUT2D eigenvalue weighted by Gasteiger charge is -2.34. The molecule has 0 radical (unpaired) electrons. The fraction of sp³-hybridized carbons (Fsp3) is 0.179. The predicted molar refractivity (Wildman–Crippen MR) is 131 cm³/mol. The van der Waals surface area contributed by atoms with Crippen molar-refractivity contribution in [3.63, 3.8) is 0 Å². The molecule has 5 rings (SSSR count). The van der Waals surface area contributed by atoms with Crippen molar-refractivity contribution in [2.24, 2.45) is 0 Å². The summed E-state index contributed by atoms with van der Waals surface area (Å²) in [5, 5.41) is 3.11. The number of rotatable bonds is 5. The summed E-state index contributed by atoms with van der Waals surface area (Å²) >= 11 is 6.06. The van der Waals surface area contributed by atoms with Crippen LogP contribution in [0.25, 0.3) is 10.8 Å². The van der Waals surface area contributed by atoms with Crippen LogP contribution in [0.4, 0.5) is 5.69 Å². The zero-order chi connectivity index (χ0) is 22.1. The van der Waals surface area contributed by atoms with Crippen molar-refractivity contribution in [2.45, 2.75) is 25.9 Å². The number of hydrogen-bond donors (Lipinski definition) is 0. The lowest BCUT2D eigenvalue weighted by molar-refractivity contribution is -0.119. The smallest absolute Gasteiger partial charge is 0.227 e. The van der Waals surface area contributed by atoms with Gasteiger partial charge in [-0.15, -0.1) is 0 Å². The number of halogens is 1. The summed E-state index contributed by atoms with van der Waals surface area (Å²) in [6.45, 7) is 3.16. The first-order valence-corrected chi connectivity index (χ1v) is 11.3. The van der Waals surface area contributed by atoms with Gasteiger partial charge >= 0.3 is 0 Å². The van der Waals surface area contributed by atoms with Crippen molar-refractivity contribution in [3.05, 3.63) is 107 Å². The molecule has 1 amide bonds. The fourth-order valence-corrected chi connectivity index (χ4v) is 4.84. The number of carbonyl (C=O) groups excluding carboxylic acids is 1. The molecular formula is C28H24ClNO2. The van der Waals surface area contributed by atoms with Crippen LogP contribution in [-0.4, -0.2) is 12.5 Å². The van der Waals surface area contributed by atoms with Gasteiger partial charge in [-0.05, 0) is 64.7 Å². The van der Waals surface area contributed by atoms with E-state index in [9.17, 15) is 4.79 Å². The Kier molecular flexibility index (Phi) is 5.59. The minimum Gasteiger partial charge on any atom is -0.489 e. The molecule has 0 fully saturated rings. The van der Waals surface area contributed by atoms with E-state index in [2.05, 4.69) is 48.5 Å². The summed E-state index contributed by atoms with van der Waals surface area (Å²) < 4.78 is 5.95. The summed E-state index contributed by atoms with van der Waals surface area (Å²) in [7, 11) is 0. The second-order valence-electron chi connectivity index (χ2n) is 8.10. The quantitative estimate of drug-likeness (QED) is 0.335. The van der Waals surface area contributed by atoms with E-state index in [1.165, 1.54) is 16.3 Å². The van der Waals surface area contributed by atoms with Crippen molar-refractivity contribution in [1.82, 2.24) is 0 Å².